The SMILES string of the molecule is CS[C@H]1O[C@@H](c2cc(CBr)c(Cl)cc2C)[C@H](OC(C)=O)[C@@H](OC(C)=O)[C@@H]1C. The maximum absolute atomic E-state index is 11.8. The first kappa shape index (κ1) is 22.5. The largest absolute Gasteiger partial charge is 0.458 e. The van der Waals surface area contributed by atoms with E-state index < -0.39 is 30.3 Å². The van der Waals surface area contributed by atoms with Gasteiger partial charge in [0.15, 0.2) is 6.10 Å². The molecule has 1 aromatic carbocycles. The number of alkyl halides is 1. The first-order valence-electron chi connectivity index (χ1n) is 8.57. The normalized spacial score (nSPS) is 27.9. The molecule has 1 aliphatic rings. The van der Waals surface area contributed by atoms with Crippen LogP contribution in [0.25, 0.3) is 0 Å². The summed E-state index contributed by atoms with van der Waals surface area (Å²) in [5.41, 5.74) is 2.48. The second kappa shape index (κ2) is 9.63. The van der Waals surface area contributed by atoms with Crippen molar-refractivity contribution in [2.24, 2.45) is 5.92 Å². The molecule has 1 fully saturated rings. The van der Waals surface area contributed by atoms with Crippen LogP contribution >= 0.6 is 39.3 Å². The fraction of sp³-hybridized carbons (Fsp3) is 0.579. The maximum Gasteiger partial charge on any atom is 0.303 e. The van der Waals surface area contributed by atoms with Gasteiger partial charge in [-0.15, -0.1) is 11.8 Å². The van der Waals surface area contributed by atoms with Gasteiger partial charge in [-0.3, -0.25) is 9.59 Å². The van der Waals surface area contributed by atoms with Crippen molar-refractivity contribution in [2.45, 2.75) is 56.8 Å². The summed E-state index contributed by atoms with van der Waals surface area (Å²) < 4.78 is 17.5. The molecule has 0 saturated carbocycles. The molecule has 1 heterocycles. The van der Waals surface area contributed by atoms with Crippen molar-refractivity contribution in [1.82, 2.24) is 0 Å². The van der Waals surface area contributed by atoms with E-state index in [-0.39, 0.29) is 11.4 Å². The van der Waals surface area contributed by atoms with Crippen LogP contribution in [0, 0.1) is 12.8 Å². The van der Waals surface area contributed by atoms with E-state index in [1.165, 1.54) is 25.6 Å². The van der Waals surface area contributed by atoms with Crippen LogP contribution in [0.3, 0.4) is 0 Å². The Morgan fingerprint density at radius 1 is 1.22 bits per heavy atom. The molecule has 0 amide bonds. The monoisotopic (exact) mass is 478 g/mol. The molecule has 1 aliphatic heterocycles. The van der Waals surface area contributed by atoms with Crippen LogP contribution in [-0.2, 0) is 29.1 Å². The van der Waals surface area contributed by atoms with Gasteiger partial charge in [-0.2, -0.15) is 0 Å². The van der Waals surface area contributed by atoms with Gasteiger partial charge < -0.3 is 14.2 Å². The molecule has 5 atom stereocenters. The van der Waals surface area contributed by atoms with Gasteiger partial charge in [0.05, 0.1) is 0 Å². The zero-order chi connectivity index (χ0) is 20.3. The summed E-state index contributed by atoms with van der Waals surface area (Å²) in [5.74, 6) is -1.01. The molecular weight excluding hydrogens is 456 g/mol. The van der Waals surface area contributed by atoms with Crippen LogP contribution in [-0.4, -0.2) is 35.8 Å². The minimum Gasteiger partial charge on any atom is -0.458 e. The number of esters is 2. The Bertz CT molecular complexity index is 714. The molecule has 2 rings (SSSR count). The number of benzene rings is 1. The molecule has 8 heteroatoms. The summed E-state index contributed by atoms with van der Waals surface area (Å²) in [6.45, 7) is 6.55. The van der Waals surface area contributed by atoms with Crippen LogP contribution in [0.5, 0.6) is 0 Å². The van der Waals surface area contributed by atoms with E-state index in [4.69, 9.17) is 25.8 Å². The Morgan fingerprint density at radius 3 is 2.33 bits per heavy atom. The molecule has 27 heavy (non-hydrogen) atoms. The topological polar surface area (TPSA) is 61.8 Å². The summed E-state index contributed by atoms with van der Waals surface area (Å²) >= 11 is 11.3. The Morgan fingerprint density at radius 2 is 1.81 bits per heavy atom. The number of aryl methyl sites for hydroxylation is 1. The van der Waals surface area contributed by atoms with Crippen molar-refractivity contribution in [1.29, 1.82) is 0 Å². The van der Waals surface area contributed by atoms with Gasteiger partial charge in [-0.25, -0.2) is 0 Å². The summed E-state index contributed by atoms with van der Waals surface area (Å²) in [5, 5.41) is 1.24. The third kappa shape index (κ3) is 5.19. The summed E-state index contributed by atoms with van der Waals surface area (Å²) in [7, 11) is 0. The van der Waals surface area contributed by atoms with Gasteiger partial charge in [0.2, 0.25) is 0 Å². The van der Waals surface area contributed by atoms with Gasteiger partial charge >= 0.3 is 11.9 Å². The molecule has 0 spiro atoms. The second-order valence-electron chi connectivity index (χ2n) is 6.60. The van der Waals surface area contributed by atoms with Crippen molar-refractivity contribution < 1.29 is 23.8 Å². The number of halogens is 2. The molecule has 0 aromatic heterocycles. The molecule has 0 N–H and O–H groups in total. The summed E-state index contributed by atoms with van der Waals surface area (Å²) in [6, 6.07) is 3.82. The predicted molar refractivity (Wildman–Crippen MR) is 110 cm³/mol. The Kier molecular flexibility index (Phi) is 8.04. The maximum atomic E-state index is 11.8. The lowest BCUT2D eigenvalue weighted by Gasteiger charge is -2.44. The van der Waals surface area contributed by atoms with Gasteiger partial charge in [0, 0.05) is 30.1 Å². The molecule has 0 bridgehead atoms. The lowest BCUT2D eigenvalue weighted by atomic mass is 9.87. The van der Waals surface area contributed by atoms with Crippen molar-refractivity contribution in [2.75, 3.05) is 6.26 Å². The van der Waals surface area contributed by atoms with Gasteiger partial charge in [-0.1, -0.05) is 40.5 Å². The number of carbonyl (C=O) groups excluding carboxylic acids is 2. The van der Waals surface area contributed by atoms with E-state index in [0.717, 1.165) is 16.7 Å². The van der Waals surface area contributed by atoms with Crippen molar-refractivity contribution in [3.8, 4) is 0 Å². The average Bonchev–Trinajstić information content (AvgIpc) is 2.58. The molecule has 0 unspecified atom stereocenters. The molecule has 1 saturated heterocycles. The van der Waals surface area contributed by atoms with E-state index in [1.54, 1.807) is 0 Å². The highest BCUT2D eigenvalue weighted by Gasteiger charge is 2.48. The number of ether oxygens (including phenoxy) is 3. The number of carbonyl (C=O) groups is 2. The number of rotatable bonds is 5. The molecular formula is C19H24BrClO5S. The predicted octanol–water partition coefficient (Wildman–Crippen LogP) is 4.80. The highest BCUT2D eigenvalue weighted by molar-refractivity contribution is 9.08. The first-order chi connectivity index (χ1) is 12.7. The van der Waals surface area contributed by atoms with Crippen LogP contribution in [0.2, 0.25) is 5.02 Å². The smallest absolute Gasteiger partial charge is 0.303 e. The number of hydrogen-bond donors (Lipinski definition) is 0. The highest BCUT2D eigenvalue weighted by Crippen LogP contribution is 2.43. The second-order valence-corrected chi connectivity index (χ2v) is 8.51. The third-order valence-corrected chi connectivity index (χ3v) is 6.53. The molecule has 150 valence electrons. The van der Waals surface area contributed by atoms with Crippen molar-refractivity contribution in [3.05, 3.63) is 33.8 Å². The van der Waals surface area contributed by atoms with E-state index in [0.29, 0.717) is 10.4 Å². The van der Waals surface area contributed by atoms with Crippen LogP contribution in [0.4, 0.5) is 0 Å². The minimum absolute atomic E-state index is 0.146. The van der Waals surface area contributed by atoms with Crippen molar-refractivity contribution in [3.63, 3.8) is 0 Å². The van der Waals surface area contributed by atoms with Crippen LogP contribution in [0.1, 0.15) is 43.6 Å². The van der Waals surface area contributed by atoms with E-state index in [1.807, 2.05) is 32.2 Å². The average molecular weight is 480 g/mol. The summed E-state index contributed by atoms with van der Waals surface area (Å²) in [4.78, 5) is 23.5. The highest BCUT2D eigenvalue weighted by atomic mass is 79.9. The molecule has 5 nitrogen and oxygen atoms in total. The first-order valence-corrected chi connectivity index (χ1v) is 11.4. The van der Waals surface area contributed by atoms with E-state index >= 15 is 0 Å². The van der Waals surface area contributed by atoms with Crippen LogP contribution in [0.15, 0.2) is 12.1 Å². The summed E-state index contributed by atoms with van der Waals surface area (Å²) in [6.07, 6.45) is 0.0216. The quantitative estimate of drug-likeness (QED) is 0.446. The minimum atomic E-state index is -0.743. The molecule has 0 radical (unpaired) electrons. The van der Waals surface area contributed by atoms with Gasteiger partial charge in [-0.05, 0) is 35.9 Å². The third-order valence-electron chi connectivity index (χ3n) is 4.57. The van der Waals surface area contributed by atoms with Gasteiger partial charge in [0.25, 0.3) is 0 Å². The fourth-order valence-corrected chi connectivity index (χ4v) is 5.05. The Labute approximate surface area is 177 Å². The van der Waals surface area contributed by atoms with Gasteiger partial charge in [0.1, 0.15) is 17.6 Å². The Hall–Kier alpha value is -0.760. The van der Waals surface area contributed by atoms with E-state index in [2.05, 4.69) is 15.9 Å². The van der Waals surface area contributed by atoms with E-state index in [9.17, 15) is 9.59 Å². The standard InChI is InChI=1S/C19H24BrClO5S/c1-9-6-15(21)13(8-20)7-14(9)17-18(25-12(4)23)16(24-11(3)22)10(2)19(26-17)27-5/h6-7,10,16-19H,8H2,1-5H3/t10-,16-,17-,18+,19+/m0/s1. The molecule has 1 aromatic rings. The van der Waals surface area contributed by atoms with Crippen LogP contribution < -0.4 is 0 Å². The van der Waals surface area contributed by atoms with Crippen molar-refractivity contribution >= 4 is 51.2 Å². The lowest BCUT2D eigenvalue weighted by Crippen LogP contribution is -2.52. The number of hydrogen-bond acceptors (Lipinski definition) is 6. The lowest BCUT2D eigenvalue weighted by molar-refractivity contribution is -0.211. The zero-order valence-corrected chi connectivity index (χ0v) is 19.1. The molecule has 0 aliphatic carbocycles. The zero-order valence-electron chi connectivity index (χ0n) is 16.0. The Balaban J connectivity index is 2.55. The fourth-order valence-electron chi connectivity index (χ4n) is 3.32. The number of thioether (sulfide) groups is 1.